The number of thioether (sulfide) groups is 1. The van der Waals surface area contributed by atoms with Gasteiger partial charge in [0.1, 0.15) is 0 Å². The molecule has 0 aliphatic heterocycles. The summed E-state index contributed by atoms with van der Waals surface area (Å²) in [6.07, 6.45) is 5.51. The van der Waals surface area contributed by atoms with Crippen LogP contribution in [0.15, 0.2) is 30.3 Å². The fourth-order valence-electron chi connectivity index (χ4n) is 2.58. The molecular formula is C15H23NOS. The number of hydrogen-bond donors (Lipinski definition) is 2. The molecule has 1 atom stereocenters. The number of aliphatic hydroxyl groups is 1. The summed E-state index contributed by atoms with van der Waals surface area (Å²) in [6.45, 7) is 0.00861. The molecule has 2 rings (SSSR count). The second-order valence-electron chi connectivity index (χ2n) is 5.35. The Morgan fingerprint density at radius 3 is 2.50 bits per heavy atom. The van der Waals surface area contributed by atoms with Crippen molar-refractivity contribution in [2.45, 2.75) is 31.2 Å². The average Bonchev–Trinajstić information content (AvgIpc) is 2.93. The molecule has 1 unspecified atom stereocenters. The molecule has 100 valence electrons. The van der Waals surface area contributed by atoms with E-state index in [-0.39, 0.29) is 6.61 Å². The molecule has 3 N–H and O–H groups in total. The number of aliphatic hydroxyl groups excluding tert-OH is 1. The van der Waals surface area contributed by atoms with Gasteiger partial charge in [0.25, 0.3) is 0 Å². The van der Waals surface area contributed by atoms with Crippen molar-refractivity contribution in [2.75, 3.05) is 18.1 Å². The summed E-state index contributed by atoms with van der Waals surface area (Å²) in [5.74, 6) is 2.85. The standard InChI is InChI=1S/C15H23NOS/c16-15(11-17,14-8-2-1-3-9-14)12-18-10-13-6-4-5-7-13/h1-3,8-9,13,17H,4-7,10-12,16H2. The zero-order valence-corrected chi connectivity index (χ0v) is 11.7. The molecule has 18 heavy (non-hydrogen) atoms. The lowest BCUT2D eigenvalue weighted by molar-refractivity contribution is 0.213. The third-order valence-electron chi connectivity index (χ3n) is 3.82. The Bertz CT molecular complexity index is 351. The van der Waals surface area contributed by atoms with Crippen molar-refractivity contribution in [3.05, 3.63) is 35.9 Å². The van der Waals surface area contributed by atoms with Crippen molar-refractivity contribution in [3.8, 4) is 0 Å². The third-order valence-corrected chi connectivity index (χ3v) is 5.25. The first-order chi connectivity index (χ1) is 8.74. The molecule has 1 fully saturated rings. The van der Waals surface area contributed by atoms with Gasteiger partial charge in [-0.1, -0.05) is 43.2 Å². The number of benzene rings is 1. The van der Waals surface area contributed by atoms with E-state index in [1.807, 2.05) is 42.1 Å². The van der Waals surface area contributed by atoms with E-state index in [4.69, 9.17) is 5.73 Å². The monoisotopic (exact) mass is 265 g/mol. The molecule has 0 bridgehead atoms. The smallest absolute Gasteiger partial charge is 0.0735 e. The van der Waals surface area contributed by atoms with Gasteiger partial charge in [-0.15, -0.1) is 0 Å². The molecule has 1 aliphatic rings. The lowest BCUT2D eigenvalue weighted by atomic mass is 9.94. The highest BCUT2D eigenvalue weighted by Crippen LogP contribution is 2.30. The van der Waals surface area contributed by atoms with Crippen molar-refractivity contribution >= 4 is 11.8 Å². The van der Waals surface area contributed by atoms with Crippen LogP contribution < -0.4 is 5.73 Å². The highest BCUT2D eigenvalue weighted by atomic mass is 32.2. The van der Waals surface area contributed by atoms with Crippen molar-refractivity contribution in [3.63, 3.8) is 0 Å². The van der Waals surface area contributed by atoms with Crippen molar-refractivity contribution < 1.29 is 5.11 Å². The topological polar surface area (TPSA) is 46.2 Å². The van der Waals surface area contributed by atoms with E-state index in [0.29, 0.717) is 0 Å². The van der Waals surface area contributed by atoms with Gasteiger partial charge in [-0.2, -0.15) is 11.8 Å². The maximum absolute atomic E-state index is 9.59. The Balaban J connectivity index is 1.87. The van der Waals surface area contributed by atoms with Crippen LogP contribution in [-0.4, -0.2) is 23.2 Å². The first-order valence-corrected chi connectivity index (χ1v) is 7.93. The Morgan fingerprint density at radius 2 is 1.89 bits per heavy atom. The lowest BCUT2D eigenvalue weighted by Gasteiger charge is -2.28. The largest absolute Gasteiger partial charge is 0.394 e. The fraction of sp³-hybridized carbons (Fsp3) is 0.600. The first kappa shape index (κ1) is 13.9. The van der Waals surface area contributed by atoms with E-state index in [1.165, 1.54) is 31.4 Å². The minimum Gasteiger partial charge on any atom is -0.394 e. The molecule has 1 saturated carbocycles. The van der Waals surface area contributed by atoms with Gasteiger partial charge >= 0.3 is 0 Å². The van der Waals surface area contributed by atoms with Gasteiger partial charge in [0.2, 0.25) is 0 Å². The Hall–Kier alpha value is -0.510. The first-order valence-electron chi connectivity index (χ1n) is 6.77. The van der Waals surface area contributed by atoms with Crippen LogP contribution in [0.1, 0.15) is 31.2 Å². The normalized spacial score (nSPS) is 19.9. The molecule has 0 amide bonds. The summed E-state index contributed by atoms with van der Waals surface area (Å²) >= 11 is 1.89. The van der Waals surface area contributed by atoms with Gasteiger partial charge in [-0.3, -0.25) is 0 Å². The highest BCUT2D eigenvalue weighted by Gasteiger charge is 2.27. The van der Waals surface area contributed by atoms with E-state index in [1.54, 1.807) is 0 Å². The summed E-state index contributed by atoms with van der Waals surface area (Å²) in [6, 6.07) is 9.95. The summed E-state index contributed by atoms with van der Waals surface area (Å²) in [5.41, 5.74) is 6.77. The highest BCUT2D eigenvalue weighted by molar-refractivity contribution is 7.99. The van der Waals surface area contributed by atoms with E-state index in [0.717, 1.165) is 17.2 Å². The molecule has 0 aromatic heterocycles. The second-order valence-corrected chi connectivity index (χ2v) is 6.38. The maximum atomic E-state index is 9.59. The minimum absolute atomic E-state index is 0.00861. The molecule has 0 saturated heterocycles. The summed E-state index contributed by atoms with van der Waals surface area (Å²) < 4.78 is 0. The average molecular weight is 265 g/mol. The van der Waals surface area contributed by atoms with Gasteiger partial charge in [0.05, 0.1) is 12.1 Å². The zero-order chi connectivity index (χ0) is 12.8. The van der Waals surface area contributed by atoms with Gasteiger partial charge in [-0.05, 0) is 30.1 Å². The van der Waals surface area contributed by atoms with Crippen LogP contribution in [0.5, 0.6) is 0 Å². The van der Waals surface area contributed by atoms with Crippen molar-refractivity contribution in [1.82, 2.24) is 0 Å². The molecule has 0 radical (unpaired) electrons. The van der Waals surface area contributed by atoms with Crippen LogP contribution >= 0.6 is 11.8 Å². The van der Waals surface area contributed by atoms with Crippen LogP contribution in [-0.2, 0) is 5.54 Å². The predicted molar refractivity (Wildman–Crippen MR) is 78.7 cm³/mol. The molecular weight excluding hydrogens is 242 g/mol. The zero-order valence-electron chi connectivity index (χ0n) is 10.8. The van der Waals surface area contributed by atoms with Crippen LogP contribution in [0.4, 0.5) is 0 Å². The fourth-order valence-corrected chi connectivity index (χ4v) is 3.98. The molecule has 0 spiro atoms. The Kier molecular flexibility index (Phi) is 5.10. The van der Waals surface area contributed by atoms with Crippen LogP contribution in [0.3, 0.4) is 0 Å². The minimum atomic E-state index is -0.593. The van der Waals surface area contributed by atoms with Crippen molar-refractivity contribution in [1.29, 1.82) is 0 Å². The van der Waals surface area contributed by atoms with Crippen LogP contribution in [0.2, 0.25) is 0 Å². The summed E-state index contributed by atoms with van der Waals surface area (Å²) in [4.78, 5) is 0. The van der Waals surface area contributed by atoms with Crippen molar-refractivity contribution in [2.24, 2.45) is 11.7 Å². The van der Waals surface area contributed by atoms with E-state index in [9.17, 15) is 5.11 Å². The quantitative estimate of drug-likeness (QED) is 0.831. The Labute approximate surface area is 114 Å². The molecule has 1 aromatic rings. The van der Waals surface area contributed by atoms with Gasteiger partial charge < -0.3 is 10.8 Å². The maximum Gasteiger partial charge on any atom is 0.0735 e. The van der Waals surface area contributed by atoms with E-state index >= 15 is 0 Å². The van der Waals surface area contributed by atoms with E-state index in [2.05, 4.69) is 0 Å². The molecule has 0 heterocycles. The van der Waals surface area contributed by atoms with Crippen LogP contribution in [0.25, 0.3) is 0 Å². The van der Waals surface area contributed by atoms with E-state index < -0.39 is 5.54 Å². The molecule has 3 heteroatoms. The number of nitrogens with two attached hydrogens (primary N) is 1. The summed E-state index contributed by atoms with van der Waals surface area (Å²) in [7, 11) is 0. The number of hydrogen-bond acceptors (Lipinski definition) is 3. The number of rotatable bonds is 6. The molecule has 1 aromatic carbocycles. The van der Waals surface area contributed by atoms with Gasteiger partial charge in [0.15, 0.2) is 0 Å². The lowest BCUT2D eigenvalue weighted by Crippen LogP contribution is -2.43. The van der Waals surface area contributed by atoms with Crippen LogP contribution in [0, 0.1) is 5.92 Å². The van der Waals surface area contributed by atoms with Gasteiger partial charge in [0, 0.05) is 5.75 Å². The second kappa shape index (κ2) is 6.60. The molecule has 1 aliphatic carbocycles. The predicted octanol–water partition coefficient (Wildman–Crippen LogP) is 2.76. The third kappa shape index (κ3) is 3.50. The molecule has 2 nitrogen and oxygen atoms in total. The Morgan fingerprint density at radius 1 is 1.22 bits per heavy atom. The summed E-state index contributed by atoms with van der Waals surface area (Å²) in [5, 5.41) is 9.59. The van der Waals surface area contributed by atoms with Gasteiger partial charge in [-0.25, -0.2) is 0 Å². The SMILES string of the molecule is NC(CO)(CSCC1CCCC1)c1ccccc1.